The van der Waals surface area contributed by atoms with Gasteiger partial charge in [-0.1, -0.05) is 0 Å². The van der Waals surface area contributed by atoms with Crippen LogP contribution in [0.4, 0.5) is 0 Å². The minimum atomic E-state index is -1.03. The molecule has 5 heteroatoms. The summed E-state index contributed by atoms with van der Waals surface area (Å²) < 4.78 is 0. The van der Waals surface area contributed by atoms with Gasteiger partial charge >= 0.3 is 0 Å². The number of rotatable bonds is 1. The van der Waals surface area contributed by atoms with Crippen molar-refractivity contribution in [2.24, 2.45) is 5.73 Å². The van der Waals surface area contributed by atoms with E-state index in [-0.39, 0.29) is 5.91 Å². The first-order valence-electron chi connectivity index (χ1n) is 4.03. The lowest BCUT2D eigenvalue weighted by Crippen LogP contribution is -2.55. The number of amides is 1. The minimum Gasteiger partial charge on any atom is -0.338 e. The van der Waals surface area contributed by atoms with Crippen molar-refractivity contribution in [3.05, 3.63) is 0 Å². The first-order chi connectivity index (χ1) is 5.52. The zero-order chi connectivity index (χ0) is 9.19. The van der Waals surface area contributed by atoms with E-state index in [2.05, 4.69) is 17.9 Å². The normalized spacial score (nSPS) is 23.4. The van der Waals surface area contributed by atoms with E-state index in [1.807, 2.05) is 0 Å². The average Bonchev–Trinajstić information content (AvgIpc) is 2.03. The van der Waals surface area contributed by atoms with Crippen molar-refractivity contribution in [3.8, 4) is 0 Å². The molecule has 1 heterocycles. The maximum atomic E-state index is 11.5. The third-order valence-corrected chi connectivity index (χ3v) is 2.03. The van der Waals surface area contributed by atoms with Crippen LogP contribution in [0.1, 0.15) is 6.92 Å². The molecule has 0 saturated carbocycles. The smallest absolute Gasteiger partial charge is 0.252 e. The largest absolute Gasteiger partial charge is 0.338 e. The third-order valence-electron chi connectivity index (χ3n) is 1.84. The predicted molar refractivity (Wildman–Crippen MR) is 51.0 cm³/mol. The average molecular weight is 189 g/mol. The molecule has 0 radical (unpaired) electrons. The second-order valence-electron chi connectivity index (χ2n) is 3.19. The highest BCUT2D eigenvalue weighted by molar-refractivity contribution is 7.82. The summed E-state index contributed by atoms with van der Waals surface area (Å²) in [4.78, 5) is 12.2. The fourth-order valence-electron chi connectivity index (χ4n) is 1.19. The summed E-state index contributed by atoms with van der Waals surface area (Å²) in [7, 11) is 0. The molecule has 1 fully saturated rings. The maximum absolute atomic E-state index is 11.5. The number of nitrogens with two attached hydrogens (primary N) is 1. The Balaban J connectivity index is 2.51. The number of hydrogen-bond donors (Lipinski definition) is 3. The first kappa shape index (κ1) is 9.83. The van der Waals surface area contributed by atoms with Crippen LogP contribution in [-0.2, 0) is 4.79 Å². The summed E-state index contributed by atoms with van der Waals surface area (Å²) in [5.74, 6) is -0.0904. The Hall–Kier alpha value is -0.260. The number of nitrogens with one attached hydrogen (secondary N) is 1. The third kappa shape index (κ3) is 2.36. The van der Waals surface area contributed by atoms with Crippen LogP contribution in [0.15, 0.2) is 0 Å². The maximum Gasteiger partial charge on any atom is 0.252 e. The molecule has 1 unspecified atom stereocenters. The van der Waals surface area contributed by atoms with Gasteiger partial charge in [0, 0.05) is 26.2 Å². The fraction of sp³-hybridized carbons (Fsp3) is 0.857. The molecule has 0 aliphatic carbocycles. The molecule has 0 aromatic carbocycles. The lowest BCUT2D eigenvalue weighted by Gasteiger charge is -2.31. The molecule has 1 aliphatic heterocycles. The van der Waals surface area contributed by atoms with E-state index < -0.39 is 4.87 Å². The van der Waals surface area contributed by atoms with E-state index in [1.54, 1.807) is 11.8 Å². The highest BCUT2D eigenvalue weighted by Gasteiger charge is 2.29. The second-order valence-corrected chi connectivity index (χ2v) is 4.12. The highest BCUT2D eigenvalue weighted by Crippen LogP contribution is 2.09. The summed E-state index contributed by atoms with van der Waals surface area (Å²) in [6, 6.07) is 0. The molecule has 1 saturated heterocycles. The van der Waals surface area contributed by atoms with Crippen LogP contribution in [0.2, 0.25) is 0 Å². The van der Waals surface area contributed by atoms with E-state index >= 15 is 0 Å². The van der Waals surface area contributed by atoms with Crippen molar-refractivity contribution in [2.75, 3.05) is 26.2 Å². The molecule has 12 heavy (non-hydrogen) atoms. The summed E-state index contributed by atoms with van der Waals surface area (Å²) in [6.07, 6.45) is 0. The lowest BCUT2D eigenvalue weighted by molar-refractivity contribution is -0.133. The molecule has 0 aromatic heterocycles. The molecule has 1 amide bonds. The Morgan fingerprint density at radius 1 is 1.58 bits per heavy atom. The first-order valence-corrected chi connectivity index (χ1v) is 4.48. The lowest BCUT2D eigenvalue weighted by atomic mass is 10.2. The van der Waals surface area contributed by atoms with Crippen molar-refractivity contribution in [3.63, 3.8) is 0 Å². The zero-order valence-corrected chi connectivity index (χ0v) is 8.10. The highest BCUT2D eigenvalue weighted by atomic mass is 32.1. The Kier molecular flexibility index (Phi) is 2.98. The monoisotopic (exact) mass is 189 g/mol. The molecule has 0 bridgehead atoms. The topological polar surface area (TPSA) is 58.4 Å². The second kappa shape index (κ2) is 3.64. The van der Waals surface area contributed by atoms with Crippen LogP contribution in [0, 0.1) is 0 Å². The summed E-state index contributed by atoms with van der Waals surface area (Å²) in [5, 5.41) is 3.16. The molecule has 1 rings (SSSR count). The number of thiol groups is 1. The SMILES string of the molecule is CC(N)(S)C(=O)N1CCNCC1. The predicted octanol–water partition coefficient (Wildman–Crippen LogP) is -0.977. The molecular weight excluding hydrogens is 174 g/mol. The Bertz CT molecular complexity index is 172. The number of hydrogen-bond acceptors (Lipinski definition) is 4. The quantitative estimate of drug-likeness (QED) is 0.367. The standard InChI is InChI=1S/C7H15N3OS/c1-7(8,12)6(11)10-4-2-9-3-5-10/h9,12H,2-5,8H2,1H3. The molecule has 1 aliphatic rings. The molecule has 1 atom stereocenters. The minimum absolute atomic E-state index is 0.0904. The molecule has 4 nitrogen and oxygen atoms in total. The Morgan fingerprint density at radius 2 is 2.08 bits per heavy atom. The molecular formula is C7H15N3OS. The van der Waals surface area contributed by atoms with Gasteiger partial charge in [-0.3, -0.25) is 4.79 Å². The van der Waals surface area contributed by atoms with Gasteiger partial charge in [0.1, 0.15) is 4.87 Å². The van der Waals surface area contributed by atoms with Crippen LogP contribution in [0.3, 0.4) is 0 Å². The van der Waals surface area contributed by atoms with Gasteiger partial charge in [-0.05, 0) is 6.92 Å². The van der Waals surface area contributed by atoms with Crippen LogP contribution < -0.4 is 11.1 Å². The molecule has 3 N–H and O–H groups in total. The summed E-state index contributed by atoms with van der Waals surface area (Å²) in [5.41, 5.74) is 5.56. The summed E-state index contributed by atoms with van der Waals surface area (Å²) >= 11 is 4.03. The number of carbonyl (C=O) groups excluding carboxylic acids is 1. The summed E-state index contributed by atoms with van der Waals surface area (Å²) in [6.45, 7) is 4.75. The van der Waals surface area contributed by atoms with Crippen LogP contribution in [0.25, 0.3) is 0 Å². The number of carbonyl (C=O) groups is 1. The van der Waals surface area contributed by atoms with Gasteiger partial charge in [0.15, 0.2) is 0 Å². The van der Waals surface area contributed by atoms with Gasteiger partial charge in [0.05, 0.1) is 0 Å². The zero-order valence-electron chi connectivity index (χ0n) is 7.21. The van der Waals surface area contributed by atoms with Crippen LogP contribution in [0.5, 0.6) is 0 Å². The van der Waals surface area contributed by atoms with Crippen molar-refractivity contribution >= 4 is 18.5 Å². The van der Waals surface area contributed by atoms with Gasteiger partial charge in [-0.25, -0.2) is 0 Å². The number of piperazine rings is 1. The Labute approximate surface area is 77.9 Å². The van der Waals surface area contributed by atoms with Crippen LogP contribution >= 0.6 is 12.6 Å². The van der Waals surface area contributed by atoms with Crippen molar-refractivity contribution < 1.29 is 4.79 Å². The molecule has 0 spiro atoms. The van der Waals surface area contributed by atoms with Gasteiger partial charge in [-0.2, -0.15) is 0 Å². The van der Waals surface area contributed by atoms with Gasteiger partial charge in [0.2, 0.25) is 0 Å². The van der Waals surface area contributed by atoms with E-state index in [9.17, 15) is 4.79 Å². The Morgan fingerprint density at radius 3 is 2.50 bits per heavy atom. The van der Waals surface area contributed by atoms with Crippen LogP contribution in [-0.4, -0.2) is 41.9 Å². The number of nitrogens with zero attached hydrogens (tertiary/aromatic N) is 1. The van der Waals surface area contributed by atoms with E-state index in [4.69, 9.17) is 5.73 Å². The van der Waals surface area contributed by atoms with Gasteiger partial charge in [0.25, 0.3) is 5.91 Å². The van der Waals surface area contributed by atoms with Crippen molar-refractivity contribution in [1.82, 2.24) is 10.2 Å². The van der Waals surface area contributed by atoms with Crippen molar-refractivity contribution in [2.45, 2.75) is 11.8 Å². The molecule has 70 valence electrons. The van der Waals surface area contributed by atoms with Gasteiger partial charge < -0.3 is 16.0 Å². The van der Waals surface area contributed by atoms with E-state index in [0.717, 1.165) is 26.2 Å². The molecule has 0 aromatic rings. The fourth-order valence-corrected chi connectivity index (χ4v) is 1.33. The van der Waals surface area contributed by atoms with Gasteiger partial charge in [-0.15, -0.1) is 12.6 Å². The van der Waals surface area contributed by atoms with E-state index in [0.29, 0.717) is 0 Å². The van der Waals surface area contributed by atoms with Crippen molar-refractivity contribution in [1.29, 1.82) is 0 Å². The van der Waals surface area contributed by atoms with E-state index in [1.165, 1.54) is 0 Å².